The molecule has 2 bridgehead atoms. The summed E-state index contributed by atoms with van der Waals surface area (Å²) >= 11 is 0. The number of benzene rings is 1. The molecule has 3 aliphatic rings. The largest absolute Gasteiger partial charge is 0.499 e. The average Bonchev–Trinajstić information content (AvgIpc) is 2.79. The average molecular weight is 343 g/mol. The number of hydrogen-bond acceptors (Lipinski definition) is 4. The molecular formula is C21H29NO3. The summed E-state index contributed by atoms with van der Waals surface area (Å²) in [7, 11) is 5.45. The maximum atomic E-state index is 11.4. The number of nitrogens with one attached hydrogen (secondary N) is 1. The minimum atomic E-state index is -0.612. The number of aliphatic hydroxyl groups excluding tert-OH is 1. The Bertz CT molecular complexity index is 743. The van der Waals surface area contributed by atoms with Gasteiger partial charge in [0, 0.05) is 11.5 Å². The molecule has 25 heavy (non-hydrogen) atoms. The number of rotatable bonds is 3. The number of fused-ring (bicyclic) bond motifs is 2. The summed E-state index contributed by atoms with van der Waals surface area (Å²) < 4.78 is 11.2. The minimum absolute atomic E-state index is 0.130. The third kappa shape index (κ3) is 1.95. The zero-order valence-corrected chi connectivity index (χ0v) is 15.8. The number of aliphatic hydroxyl groups is 1. The second-order valence-corrected chi connectivity index (χ2v) is 8.30. The molecule has 4 nitrogen and oxygen atoms in total. The quantitative estimate of drug-likeness (QED) is 0.886. The Morgan fingerprint density at radius 1 is 1.24 bits per heavy atom. The molecule has 0 radical (unpaired) electrons. The molecular weight excluding hydrogens is 314 g/mol. The first-order valence-corrected chi connectivity index (χ1v) is 9.19. The van der Waals surface area contributed by atoms with Crippen LogP contribution in [-0.2, 0) is 16.6 Å². The second kappa shape index (κ2) is 5.49. The summed E-state index contributed by atoms with van der Waals surface area (Å²) in [5, 5.41) is 15.0. The fourth-order valence-electron chi connectivity index (χ4n) is 6.47. The molecule has 0 aromatic heterocycles. The van der Waals surface area contributed by atoms with Crippen LogP contribution in [0.5, 0.6) is 5.75 Å². The van der Waals surface area contributed by atoms with E-state index in [1.807, 2.05) is 0 Å². The molecule has 4 rings (SSSR count). The highest BCUT2D eigenvalue weighted by Crippen LogP contribution is 2.65. The van der Waals surface area contributed by atoms with Gasteiger partial charge in [0.2, 0.25) is 0 Å². The van der Waals surface area contributed by atoms with Gasteiger partial charge in [-0.15, -0.1) is 0 Å². The van der Waals surface area contributed by atoms with Gasteiger partial charge in [0.15, 0.2) is 0 Å². The highest BCUT2D eigenvalue weighted by atomic mass is 16.5. The van der Waals surface area contributed by atoms with Crippen molar-refractivity contribution in [2.45, 2.75) is 50.7 Å². The van der Waals surface area contributed by atoms with E-state index in [1.165, 1.54) is 16.7 Å². The predicted molar refractivity (Wildman–Crippen MR) is 97.9 cm³/mol. The van der Waals surface area contributed by atoms with Gasteiger partial charge in [-0.25, -0.2) is 0 Å². The third-order valence-electron chi connectivity index (χ3n) is 7.17. The molecule has 3 aliphatic carbocycles. The molecule has 0 aliphatic heterocycles. The summed E-state index contributed by atoms with van der Waals surface area (Å²) in [5.41, 5.74) is 3.63. The van der Waals surface area contributed by atoms with Gasteiger partial charge in [-0.05, 0) is 73.4 Å². The maximum absolute atomic E-state index is 11.4. The van der Waals surface area contributed by atoms with Crippen molar-refractivity contribution in [3.8, 4) is 5.75 Å². The van der Waals surface area contributed by atoms with Gasteiger partial charge in [0.05, 0.1) is 14.2 Å². The van der Waals surface area contributed by atoms with Crippen LogP contribution in [0.15, 0.2) is 24.0 Å². The second-order valence-electron chi connectivity index (χ2n) is 8.30. The lowest BCUT2D eigenvalue weighted by Crippen LogP contribution is -2.50. The van der Waals surface area contributed by atoms with Gasteiger partial charge < -0.3 is 19.9 Å². The Kier molecular flexibility index (Phi) is 3.71. The van der Waals surface area contributed by atoms with E-state index in [0.717, 1.165) is 25.0 Å². The molecule has 5 atom stereocenters. The Hall–Kier alpha value is -1.52. The molecule has 1 aromatic rings. The Morgan fingerprint density at radius 2 is 2.00 bits per heavy atom. The molecule has 136 valence electrons. The summed E-state index contributed by atoms with van der Waals surface area (Å²) in [5.74, 6) is 1.97. The Labute approximate surface area is 150 Å². The third-order valence-corrected chi connectivity index (χ3v) is 7.17. The monoisotopic (exact) mass is 343 g/mol. The van der Waals surface area contributed by atoms with Crippen molar-refractivity contribution in [2.24, 2.45) is 11.3 Å². The van der Waals surface area contributed by atoms with E-state index in [2.05, 4.69) is 44.4 Å². The van der Waals surface area contributed by atoms with Gasteiger partial charge >= 0.3 is 0 Å². The number of allylic oxidation sites excluding steroid dienone is 1. The molecule has 4 heteroatoms. The summed E-state index contributed by atoms with van der Waals surface area (Å²) in [6.45, 7) is 4.51. The zero-order chi connectivity index (χ0) is 18.0. The van der Waals surface area contributed by atoms with Crippen LogP contribution in [0.1, 0.15) is 36.5 Å². The molecule has 1 spiro atoms. The van der Waals surface area contributed by atoms with Gasteiger partial charge in [0.25, 0.3) is 0 Å². The number of methoxy groups -OCH3 is 2. The van der Waals surface area contributed by atoms with Gasteiger partial charge in [-0.1, -0.05) is 13.0 Å². The van der Waals surface area contributed by atoms with Crippen LogP contribution in [0.3, 0.4) is 0 Å². The molecule has 1 saturated carbocycles. The van der Waals surface area contributed by atoms with Gasteiger partial charge in [0.1, 0.15) is 17.6 Å². The van der Waals surface area contributed by atoms with Gasteiger partial charge in [-0.2, -0.15) is 0 Å². The van der Waals surface area contributed by atoms with E-state index in [1.54, 1.807) is 14.2 Å². The first-order chi connectivity index (χ1) is 11.9. The fraction of sp³-hybridized carbons (Fsp3) is 0.619. The van der Waals surface area contributed by atoms with E-state index >= 15 is 0 Å². The molecule has 0 amide bonds. The van der Waals surface area contributed by atoms with Crippen LogP contribution in [-0.4, -0.2) is 38.5 Å². The highest BCUT2D eigenvalue weighted by molar-refractivity contribution is 5.55. The summed E-state index contributed by atoms with van der Waals surface area (Å²) in [6, 6.07) is 4.65. The molecule has 1 aromatic carbocycles. The first-order valence-electron chi connectivity index (χ1n) is 9.19. The van der Waals surface area contributed by atoms with Crippen molar-refractivity contribution >= 4 is 0 Å². The summed E-state index contributed by atoms with van der Waals surface area (Å²) in [6.07, 6.45) is 4.41. The topological polar surface area (TPSA) is 50.7 Å². The van der Waals surface area contributed by atoms with Crippen LogP contribution in [0.4, 0.5) is 0 Å². The Morgan fingerprint density at radius 3 is 2.64 bits per heavy atom. The van der Waals surface area contributed by atoms with Crippen LogP contribution >= 0.6 is 0 Å². The lowest BCUT2D eigenvalue weighted by atomic mass is 9.58. The van der Waals surface area contributed by atoms with Crippen molar-refractivity contribution in [2.75, 3.05) is 21.3 Å². The van der Waals surface area contributed by atoms with Crippen LogP contribution in [0.25, 0.3) is 0 Å². The Balaban J connectivity index is 2.01. The van der Waals surface area contributed by atoms with Gasteiger partial charge in [-0.3, -0.25) is 0 Å². The minimum Gasteiger partial charge on any atom is -0.499 e. The molecule has 1 fully saturated rings. The van der Waals surface area contributed by atoms with Crippen LogP contribution < -0.4 is 10.1 Å². The van der Waals surface area contributed by atoms with E-state index in [-0.39, 0.29) is 10.8 Å². The number of hydrogen-bond donors (Lipinski definition) is 2. The molecule has 2 N–H and O–H groups in total. The first kappa shape index (κ1) is 16.9. The zero-order valence-electron chi connectivity index (χ0n) is 15.8. The van der Waals surface area contributed by atoms with E-state index in [0.29, 0.717) is 17.7 Å². The van der Waals surface area contributed by atoms with Crippen molar-refractivity contribution in [3.05, 3.63) is 40.7 Å². The van der Waals surface area contributed by atoms with Crippen molar-refractivity contribution in [1.82, 2.24) is 5.32 Å². The predicted octanol–water partition coefficient (Wildman–Crippen LogP) is 2.71. The van der Waals surface area contributed by atoms with E-state index < -0.39 is 6.10 Å². The number of ether oxygens (including phenoxy) is 2. The fourth-order valence-corrected chi connectivity index (χ4v) is 6.47. The standard InChI is InChI=1S/C21H29NO3/c1-12-15(24-4)8-6-13-10-20(2)11-21(17(12)13)14(18(20)22-3)7-9-16(25-5)19(21)23/h6,8-9,14,18-19,22-23H,7,10-11H2,1-5H3. The molecule has 0 saturated heterocycles. The molecule has 5 unspecified atom stereocenters. The normalized spacial score (nSPS) is 38.6. The van der Waals surface area contributed by atoms with E-state index in [4.69, 9.17) is 9.47 Å². The maximum Gasteiger partial charge on any atom is 0.122 e. The van der Waals surface area contributed by atoms with Crippen LogP contribution in [0.2, 0.25) is 0 Å². The molecule has 0 heterocycles. The smallest absolute Gasteiger partial charge is 0.122 e. The van der Waals surface area contributed by atoms with E-state index in [9.17, 15) is 5.11 Å². The van der Waals surface area contributed by atoms with Crippen LogP contribution in [0, 0.1) is 18.3 Å². The SMILES string of the molecule is CNC1C2CC=C(OC)C(O)C23CC1(C)Cc1ccc(OC)c(C)c13. The highest BCUT2D eigenvalue weighted by Gasteiger charge is 2.66. The lowest BCUT2D eigenvalue weighted by Gasteiger charge is -2.47. The van der Waals surface area contributed by atoms with Crippen molar-refractivity contribution < 1.29 is 14.6 Å². The lowest BCUT2D eigenvalue weighted by molar-refractivity contribution is 0.0196. The van der Waals surface area contributed by atoms with Crippen molar-refractivity contribution in [3.63, 3.8) is 0 Å². The summed E-state index contributed by atoms with van der Waals surface area (Å²) in [4.78, 5) is 0. The van der Waals surface area contributed by atoms with Crippen molar-refractivity contribution in [1.29, 1.82) is 0 Å².